The summed E-state index contributed by atoms with van der Waals surface area (Å²) in [6.45, 7) is 3.79. The maximum Gasteiger partial charge on any atom is 0.133 e. The van der Waals surface area contributed by atoms with Crippen LogP contribution in [0.3, 0.4) is 0 Å². The van der Waals surface area contributed by atoms with Crippen LogP contribution >= 0.6 is 23.5 Å². The average Bonchev–Trinajstić information content (AvgIpc) is 2.83. The van der Waals surface area contributed by atoms with Gasteiger partial charge >= 0.3 is 0 Å². The first-order valence-electron chi connectivity index (χ1n) is 5.47. The molecular formula is C10H15N3S2. The van der Waals surface area contributed by atoms with E-state index in [-0.39, 0.29) is 0 Å². The lowest BCUT2D eigenvalue weighted by atomic mass is 9.89. The van der Waals surface area contributed by atoms with Gasteiger partial charge in [0.15, 0.2) is 0 Å². The Morgan fingerprint density at radius 2 is 2.33 bits per heavy atom. The highest BCUT2D eigenvalue weighted by atomic mass is 32.2. The fourth-order valence-corrected chi connectivity index (χ4v) is 4.26. The summed E-state index contributed by atoms with van der Waals surface area (Å²) < 4.78 is 8.88. The molecule has 0 saturated carbocycles. The highest BCUT2D eigenvalue weighted by Crippen LogP contribution is 2.40. The molecule has 3 atom stereocenters. The summed E-state index contributed by atoms with van der Waals surface area (Å²) in [5.41, 5.74) is 1.28. The van der Waals surface area contributed by atoms with Crippen molar-refractivity contribution in [3.63, 3.8) is 0 Å². The highest BCUT2D eigenvalue weighted by molar-refractivity contribution is 7.98. The number of fused-ring (bicyclic) bond motifs is 2. The molecule has 1 aromatic heterocycles. The SMILES string of the molecule is CSc1nsnc1[C@H]1CN2CCC[C@H]1C2. The molecule has 2 saturated heterocycles. The van der Waals surface area contributed by atoms with Crippen molar-refractivity contribution in [2.24, 2.45) is 5.92 Å². The van der Waals surface area contributed by atoms with Crippen molar-refractivity contribution in [1.29, 1.82) is 0 Å². The first-order chi connectivity index (χ1) is 7.38. The number of hydrogen-bond acceptors (Lipinski definition) is 5. The Kier molecular flexibility index (Phi) is 2.70. The van der Waals surface area contributed by atoms with Crippen LogP contribution in [0.5, 0.6) is 0 Å². The molecule has 0 amide bonds. The third-order valence-corrected chi connectivity index (χ3v) is 4.94. The summed E-state index contributed by atoms with van der Waals surface area (Å²) in [5, 5.41) is 1.17. The molecule has 3 nitrogen and oxygen atoms in total. The largest absolute Gasteiger partial charge is 0.302 e. The van der Waals surface area contributed by atoms with Gasteiger partial charge in [0, 0.05) is 19.0 Å². The zero-order chi connectivity index (χ0) is 10.3. The number of rotatable bonds is 2. The van der Waals surface area contributed by atoms with Gasteiger partial charge in [-0.25, -0.2) is 0 Å². The van der Waals surface area contributed by atoms with Crippen LogP contribution in [0.4, 0.5) is 0 Å². The lowest BCUT2D eigenvalue weighted by Crippen LogP contribution is -2.25. The monoisotopic (exact) mass is 241 g/mol. The predicted octanol–water partition coefficient (Wildman–Crippen LogP) is 2.07. The van der Waals surface area contributed by atoms with Gasteiger partial charge in [-0.15, -0.1) is 11.8 Å². The molecule has 2 aliphatic heterocycles. The third-order valence-electron chi connectivity index (χ3n) is 3.59. The van der Waals surface area contributed by atoms with Gasteiger partial charge in [0.05, 0.1) is 17.4 Å². The molecule has 1 unspecified atom stereocenters. The number of aromatic nitrogens is 2. The molecule has 3 rings (SSSR count). The van der Waals surface area contributed by atoms with Crippen molar-refractivity contribution < 1.29 is 0 Å². The molecular weight excluding hydrogens is 226 g/mol. The van der Waals surface area contributed by atoms with Gasteiger partial charge in [-0.05, 0) is 31.6 Å². The summed E-state index contributed by atoms with van der Waals surface area (Å²) in [6, 6.07) is 0. The normalized spacial score (nSPS) is 34.6. The van der Waals surface area contributed by atoms with Gasteiger partial charge in [0.2, 0.25) is 0 Å². The van der Waals surface area contributed by atoms with Crippen molar-refractivity contribution in [2.75, 3.05) is 25.9 Å². The van der Waals surface area contributed by atoms with Crippen LogP contribution in [0.25, 0.3) is 0 Å². The van der Waals surface area contributed by atoms with Crippen molar-refractivity contribution >= 4 is 23.5 Å². The van der Waals surface area contributed by atoms with E-state index in [0.29, 0.717) is 5.92 Å². The van der Waals surface area contributed by atoms with Crippen LogP contribution in [0.1, 0.15) is 24.5 Å². The third kappa shape index (κ3) is 1.70. The van der Waals surface area contributed by atoms with Gasteiger partial charge in [0.25, 0.3) is 0 Å². The zero-order valence-electron chi connectivity index (χ0n) is 8.85. The Bertz CT molecular complexity index is 352. The lowest BCUT2D eigenvalue weighted by molar-refractivity contribution is 0.269. The molecule has 0 N–H and O–H groups in total. The molecule has 0 spiro atoms. The molecule has 5 heteroatoms. The van der Waals surface area contributed by atoms with Crippen LogP contribution < -0.4 is 0 Å². The number of thioether (sulfide) groups is 1. The summed E-state index contributed by atoms with van der Waals surface area (Å²) in [6.07, 6.45) is 4.85. The molecule has 15 heavy (non-hydrogen) atoms. The molecule has 3 heterocycles. The molecule has 2 fully saturated rings. The van der Waals surface area contributed by atoms with E-state index in [1.54, 1.807) is 11.8 Å². The van der Waals surface area contributed by atoms with Crippen LogP contribution in [-0.2, 0) is 0 Å². The van der Waals surface area contributed by atoms with Crippen LogP contribution in [-0.4, -0.2) is 39.5 Å². The van der Waals surface area contributed by atoms with E-state index >= 15 is 0 Å². The second-order valence-electron chi connectivity index (χ2n) is 4.43. The van der Waals surface area contributed by atoms with Crippen molar-refractivity contribution in [2.45, 2.75) is 23.8 Å². The van der Waals surface area contributed by atoms with Crippen molar-refractivity contribution in [1.82, 2.24) is 13.6 Å². The summed E-state index contributed by atoms with van der Waals surface area (Å²) in [4.78, 5) is 2.59. The van der Waals surface area contributed by atoms with E-state index in [1.807, 2.05) is 0 Å². The Labute approximate surface area is 98.6 Å². The van der Waals surface area contributed by atoms with Gasteiger partial charge in [0.1, 0.15) is 5.03 Å². The molecule has 0 aromatic carbocycles. The van der Waals surface area contributed by atoms with Crippen LogP contribution in [0.2, 0.25) is 0 Å². The average molecular weight is 241 g/mol. The van der Waals surface area contributed by atoms with Gasteiger partial charge in [-0.2, -0.15) is 8.75 Å². The Morgan fingerprint density at radius 1 is 1.40 bits per heavy atom. The first-order valence-corrected chi connectivity index (χ1v) is 7.43. The quantitative estimate of drug-likeness (QED) is 0.741. The van der Waals surface area contributed by atoms with E-state index in [1.165, 1.54) is 54.9 Å². The van der Waals surface area contributed by atoms with Gasteiger partial charge in [-0.3, -0.25) is 0 Å². The van der Waals surface area contributed by atoms with E-state index in [4.69, 9.17) is 0 Å². The molecule has 82 valence electrons. The predicted molar refractivity (Wildman–Crippen MR) is 63.6 cm³/mol. The molecule has 2 bridgehead atoms. The molecule has 0 aliphatic carbocycles. The highest BCUT2D eigenvalue weighted by Gasteiger charge is 2.38. The maximum absolute atomic E-state index is 4.51. The van der Waals surface area contributed by atoms with Crippen LogP contribution in [0.15, 0.2) is 5.03 Å². The Balaban J connectivity index is 1.88. The summed E-state index contributed by atoms with van der Waals surface area (Å²) >= 11 is 3.11. The number of hydrogen-bond donors (Lipinski definition) is 0. The standard InChI is InChI=1S/C10H15N3S2/c1-14-10-9(11-15-12-10)8-6-13-4-2-3-7(8)5-13/h7-8H,2-6H2,1H3/t7-,8-/m0/s1. The van der Waals surface area contributed by atoms with Gasteiger partial charge in [-0.1, -0.05) is 0 Å². The number of piperidine rings is 1. The topological polar surface area (TPSA) is 29.0 Å². The summed E-state index contributed by atoms with van der Waals surface area (Å²) in [7, 11) is 0. The second-order valence-corrected chi connectivity index (χ2v) is 5.75. The maximum atomic E-state index is 4.51. The lowest BCUT2D eigenvalue weighted by Gasteiger charge is -2.21. The molecule has 1 aromatic rings. The van der Waals surface area contributed by atoms with Crippen molar-refractivity contribution in [3.05, 3.63) is 5.69 Å². The Morgan fingerprint density at radius 3 is 3.13 bits per heavy atom. The van der Waals surface area contributed by atoms with E-state index in [2.05, 4.69) is 19.9 Å². The van der Waals surface area contributed by atoms with E-state index in [0.717, 1.165) is 5.92 Å². The minimum absolute atomic E-state index is 0.661. The smallest absolute Gasteiger partial charge is 0.133 e. The van der Waals surface area contributed by atoms with Gasteiger partial charge < -0.3 is 4.90 Å². The Hall–Kier alpha value is -0.130. The fourth-order valence-electron chi connectivity index (χ4n) is 2.88. The second kappa shape index (κ2) is 4.03. The fraction of sp³-hybridized carbons (Fsp3) is 0.800. The van der Waals surface area contributed by atoms with Crippen molar-refractivity contribution in [3.8, 4) is 0 Å². The van der Waals surface area contributed by atoms with Crippen LogP contribution in [0, 0.1) is 5.92 Å². The minimum atomic E-state index is 0.661. The minimum Gasteiger partial charge on any atom is -0.302 e. The molecule has 2 aliphatic rings. The summed E-state index contributed by atoms with van der Waals surface area (Å²) in [5.74, 6) is 1.50. The van der Waals surface area contributed by atoms with E-state index in [9.17, 15) is 0 Å². The first kappa shape index (κ1) is 10.1. The zero-order valence-corrected chi connectivity index (χ0v) is 10.5. The molecule has 0 radical (unpaired) electrons. The van der Waals surface area contributed by atoms with E-state index < -0.39 is 0 Å². The number of nitrogens with zero attached hydrogens (tertiary/aromatic N) is 3.